The van der Waals surface area contributed by atoms with Crippen LogP contribution in [0.4, 0.5) is 4.39 Å². The van der Waals surface area contributed by atoms with E-state index in [1.165, 1.54) is 13.2 Å². The van der Waals surface area contributed by atoms with Gasteiger partial charge in [0.05, 0.1) is 21.3 Å². The van der Waals surface area contributed by atoms with Crippen LogP contribution in [0.25, 0.3) is 0 Å². The van der Waals surface area contributed by atoms with Crippen molar-refractivity contribution >= 4 is 11.8 Å². The highest BCUT2D eigenvalue weighted by Crippen LogP contribution is 2.31. The van der Waals surface area contributed by atoms with Crippen LogP contribution in [0, 0.1) is 5.82 Å². The Morgan fingerprint density at radius 2 is 1.78 bits per heavy atom. The van der Waals surface area contributed by atoms with Gasteiger partial charge in [0.15, 0.2) is 11.6 Å². The number of carbonyl (C=O) groups is 2. The largest absolute Gasteiger partial charge is 0.497 e. The van der Waals surface area contributed by atoms with Crippen molar-refractivity contribution in [2.45, 2.75) is 44.2 Å². The van der Waals surface area contributed by atoms with Gasteiger partial charge in [0.25, 0.3) is 0 Å². The van der Waals surface area contributed by atoms with Crippen molar-refractivity contribution in [3.05, 3.63) is 53.3 Å². The van der Waals surface area contributed by atoms with Crippen LogP contribution in [0.5, 0.6) is 17.2 Å². The average Bonchev–Trinajstić information content (AvgIpc) is 3.17. The maximum atomic E-state index is 13.8. The molecular weight excluding hydrogens is 415 g/mol. The Labute approximate surface area is 187 Å². The molecule has 0 aromatic heterocycles. The lowest BCUT2D eigenvalue weighted by Crippen LogP contribution is -2.44. The Hall–Kier alpha value is -3.29. The number of benzene rings is 2. The molecule has 1 atom stereocenters. The standard InChI is InChI=1S/C24H29FN2O5/c1-30-18-10-17(11-19(13-18)31-2)15-26-22(28)6-8-24(9-7-23(29)27-24)14-16-4-5-20(25)21(12-16)32-3/h4-5,10-13H,6-9,14-15H2,1-3H3,(H,26,28)(H,27,29)/t24-/m0/s1. The summed E-state index contributed by atoms with van der Waals surface area (Å²) in [6, 6.07) is 10.1. The van der Waals surface area contributed by atoms with Crippen LogP contribution in [0.15, 0.2) is 36.4 Å². The number of halogens is 1. The maximum absolute atomic E-state index is 13.8. The fourth-order valence-electron chi connectivity index (χ4n) is 4.00. The summed E-state index contributed by atoms with van der Waals surface area (Å²) in [6.45, 7) is 0.334. The quantitative estimate of drug-likeness (QED) is 0.588. The van der Waals surface area contributed by atoms with E-state index in [0.717, 1.165) is 11.1 Å². The fourth-order valence-corrected chi connectivity index (χ4v) is 4.00. The lowest BCUT2D eigenvalue weighted by molar-refractivity contribution is -0.122. The molecule has 3 rings (SSSR count). The second-order valence-electron chi connectivity index (χ2n) is 7.97. The average molecular weight is 445 g/mol. The second kappa shape index (κ2) is 10.3. The second-order valence-corrected chi connectivity index (χ2v) is 7.97. The number of ether oxygens (including phenoxy) is 3. The van der Waals surface area contributed by atoms with Gasteiger partial charge >= 0.3 is 0 Å². The Morgan fingerprint density at radius 3 is 2.38 bits per heavy atom. The minimum absolute atomic E-state index is 0.0389. The summed E-state index contributed by atoms with van der Waals surface area (Å²) in [4.78, 5) is 24.5. The van der Waals surface area contributed by atoms with E-state index < -0.39 is 11.4 Å². The van der Waals surface area contributed by atoms with E-state index in [-0.39, 0.29) is 24.0 Å². The predicted molar refractivity (Wildman–Crippen MR) is 117 cm³/mol. The molecule has 172 valence electrons. The topological polar surface area (TPSA) is 85.9 Å². The van der Waals surface area contributed by atoms with E-state index in [2.05, 4.69) is 10.6 Å². The zero-order valence-electron chi connectivity index (χ0n) is 18.6. The van der Waals surface area contributed by atoms with E-state index in [9.17, 15) is 14.0 Å². The third-order valence-corrected chi connectivity index (χ3v) is 5.72. The van der Waals surface area contributed by atoms with Crippen molar-refractivity contribution in [1.82, 2.24) is 10.6 Å². The van der Waals surface area contributed by atoms with Gasteiger partial charge in [-0.1, -0.05) is 6.07 Å². The summed E-state index contributed by atoms with van der Waals surface area (Å²) in [5, 5.41) is 5.95. The van der Waals surface area contributed by atoms with Gasteiger partial charge in [-0.2, -0.15) is 0 Å². The van der Waals surface area contributed by atoms with Gasteiger partial charge in [0.2, 0.25) is 11.8 Å². The Morgan fingerprint density at radius 1 is 1.06 bits per heavy atom. The fraction of sp³-hybridized carbons (Fsp3) is 0.417. The number of carbonyl (C=O) groups excluding carboxylic acids is 2. The molecule has 0 radical (unpaired) electrons. The third kappa shape index (κ3) is 5.90. The summed E-state index contributed by atoms with van der Waals surface area (Å²) in [7, 11) is 4.56. The van der Waals surface area contributed by atoms with Gasteiger partial charge in [-0.3, -0.25) is 9.59 Å². The van der Waals surface area contributed by atoms with Crippen LogP contribution in [-0.2, 0) is 22.6 Å². The highest BCUT2D eigenvalue weighted by atomic mass is 19.1. The minimum Gasteiger partial charge on any atom is -0.497 e. The molecule has 32 heavy (non-hydrogen) atoms. The number of nitrogens with one attached hydrogen (secondary N) is 2. The normalized spacial score (nSPS) is 17.6. The molecule has 2 N–H and O–H groups in total. The first kappa shape index (κ1) is 23.4. The summed E-state index contributed by atoms with van der Waals surface area (Å²) >= 11 is 0. The molecule has 2 aromatic rings. The first-order chi connectivity index (χ1) is 15.4. The van der Waals surface area contributed by atoms with E-state index in [4.69, 9.17) is 14.2 Å². The number of methoxy groups -OCH3 is 3. The number of rotatable bonds is 10. The van der Waals surface area contributed by atoms with E-state index >= 15 is 0 Å². The summed E-state index contributed by atoms with van der Waals surface area (Å²) in [6.07, 6.45) is 2.25. The molecule has 1 heterocycles. The Kier molecular flexibility index (Phi) is 7.56. The lowest BCUT2D eigenvalue weighted by atomic mass is 9.85. The van der Waals surface area contributed by atoms with Gasteiger partial charge in [0.1, 0.15) is 11.5 Å². The lowest BCUT2D eigenvalue weighted by Gasteiger charge is -2.29. The van der Waals surface area contributed by atoms with Crippen molar-refractivity contribution in [3.63, 3.8) is 0 Å². The van der Waals surface area contributed by atoms with Crippen molar-refractivity contribution in [1.29, 1.82) is 0 Å². The molecule has 1 saturated heterocycles. The molecule has 2 amide bonds. The molecule has 7 nitrogen and oxygen atoms in total. The molecule has 2 aromatic carbocycles. The van der Waals surface area contributed by atoms with Crippen molar-refractivity contribution in [2.75, 3.05) is 21.3 Å². The Bertz CT molecular complexity index is 959. The van der Waals surface area contributed by atoms with Crippen molar-refractivity contribution in [3.8, 4) is 17.2 Å². The maximum Gasteiger partial charge on any atom is 0.220 e. The highest BCUT2D eigenvalue weighted by Gasteiger charge is 2.38. The summed E-state index contributed by atoms with van der Waals surface area (Å²) in [5.74, 6) is 0.863. The van der Waals surface area contributed by atoms with Gasteiger partial charge in [0, 0.05) is 31.0 Å². The molecule has 1 aliphatic heterocycles. The van der Waals surface area contributed by atoms with Crippen molar-refractivity contribution < 1.29 is 28.2 Å². The summed E-state index contributed by atoms with van der Waals surface area (Å²) < 4.78 is 29.3. The van der Waals surface area contributed by atoms with Gasteiger partial charge < -0.3 is 24.8 Å². The zero-order valence-corrected chi connectivity index (χ0v) is 18.6. The SMILES string of the molecule is COc1cc(CNC(=O)CC[C@@]2(Cc3ccc(F)c(OC)c3)CCC(=O)N2)cc(OC)c1. The molecule has 1 fully saturated rings. The van der Waals surface area contributed by atoms with Crippen LogP contribution in [0.2, 0.25) is 0 Å². The molecule has 8 heteroatoms. The predicted octanol–water partition coefficient (Wildman–Crippen LogP) is 3.14. The van der Waals surface area contributed by atoms with Crippen LogP contribution >= 0.6 is 0 Å². The molecule has 0 unspecified atom stereocenters. The monoisotopic (exact) mass is 444 g/mol. The molecule has 1 aliphatic rings. The molecule has 0 bridgehead atoms. The number of amides is 2. The number of hydrogen-bond acceptors (Lipinski definition) is 5. The summed E-state index contributed by atoms with van der Waals surface area (Å²) in [5.41, 5.74) is 1.15. The first-order valence-electron chi connectivity index (χ1n) is 10.5. The van der Waals surface area contributed by atoms with Crippen LogP contribution < -0.4 is 24.8 Å². The van der Waals surface area contributed by atoms with Crippen LogP contribution in [0.3, 0.4) is 0 Å². The van der Waals surface area contributed by atoms with Crippen LogP contribution in [0.1, 0.15) is 36.8 Å². The third-order valence-electron chi connectivity index (χ3n) is 5.72. The number of hydrogen-bond donors (Lipinski definition) is 2. The molecule has 0 aliphatic carbocycles. The molecule has 0 saturated carbocycles. The van der Waals surface area contributed by atoms with Gasteiger partial charge in [-0.05, 0) is 54.7 Å². The first-order valence-corrected chi connectivity index (χ1v) is 10.5. The highest BCUT2D eigenvalue weighted by molar-refractivity contribution is 5.80. The van der Waals surface area contributed by atoms with Crippen molar-refractivity contribution in [2.24, 2.45) is 0 Å². The smallest absolute Gasteiger partial charge is 0.220 e. The van der Waals surface area contributed by atoms with E-state index in [1.54, 1.807) is 32.4 Å². The van der Waals surface area contributed by atoms with Gasteiger partial charge in [-0.15, -0.1) is 0 Å². The molecule has 0 spiro atoms. The minimum atomic E-state index is -0.545. The Balaban J connectivity index is 1.62. The molecular formula is C24H29FN2O5. The van der Waals surface area contributed by atoms with E-state index in [1.807, 2.05) is 12.1 Å². The van der Waals surface area contributed by atoms with Gasteiger partial charge in [-0.25, -0.2) is 4.39 Å². The zero-order chi connectivity index (χ0) is 23.1. The van der Waals surface area contributed by atoms with E-state index in [0.29, 0.717) is 43.7 Å². The van der Waals surface area contributed by atoms with Crippen LogP contribution in [-0.4, -0.2) is 38.7 Å².